The van der Waals surface area contributed by atoms with Crippen molar-refractivity contribution in [2.75, 3.05) is 6.54 Å². The molecule has 2 aromatic rings. The van der Waals surface area contributed by atoms with E-state index in [0.29, 0.717) is 25.4 Å². The molecule has 0 amide bonds. The molecule has 25 heavy (non-hydrogen) atoms. The van der Waals surface area contributed by atoms with Gasteiger partial charge in [-0.2, -0.15) is 0 Å². The number of aromatic nitrogens is 1. The van der Waals surface area contributed by atoms with Crippen molar-refractivity contribution in [1.29, 1.82) is 0 Å². The van der Waals surface area contributed by atoms with Crippen molar-refractivity contribution in [3.63, 3.8) is 0 Å². The van der Waals surface area contributed by atoms with Gasteiger partial charge < -0.3 is 9.30 Å². The molecular weight excluding hydrogens is 316 g/mol. The molecule has 132 valence electrons. The smallest absolute Gasteiger partial charge is 0.292 e. The van der Waals surface area contributed by atoms with Gasteiger partial charge in [0.15, 0.2) is 5.75 Å². The lowest BCUT2D eigenvalue weighted by atomic mass is 10.1. The molecule has 0 atom stereocenters. The summed E-state index contributed by atoms with van der Waals surface area (Å²) < 4.78 is 7.38. The molecule has 0 bridgehead atoms. The Morgan fingerprint density at radius 3 is 2.56 bits per heavy atom. The summed E-state index contributed by atoms with van der Waals surface area (Å²) in [6.45, 7) is 1.65. The average Bonchev–Trinajstić information content (AvgIpc) is 2.65. The van der Waals surface area contributed by atoms with E-state index in [-0.39, 0.29) is 5.56 Å². The largest absolute Gasteiger partial charge is 0.483 e. The van der Waals surface area contributed by atoms with Crippen molar-refractivity contribution in [3.05, 3.63) is 75.0 Å². The Hall–Kier alpha value is -2.72. The fourth-order valence-electron chi connectivity index (χ4n) is 2.58. The van der Waals surface area contributed by atoms with E-state index in [2.05, 4.69) is 10.0 Å². The quantitative estimate of drug-likeness (QED) is 0.257. The minimum Gasteiger partial charge on any atom is -0.483 e. The van der Waals surface area contributed by atoms with Gasteiger partial charge in [0.05, 0.1) is 0 Å². The summed E-state index contributed by atoms with van der Waals surface area (Å²) in [5, 5.41) is 3.52. The summed E-state index contributed by atoms with van der Waals surface area (Å²) in [6, 6.07) is 13.4. The van der Waals surface area contributed by atoms with Crippen LogP contribution in [0.1, 0.15) is 37.7 Å². The van der Waals surface area contributed by atoms with Crippen molar-refractivity contribution in [2.24, 2.45) is 5.11 Å². The molecular formula is C19H24N4O2. The van der Waals surface area contributed by atoms with Gasteiger partial charge in [0.25, 0.3) is 5.56 Å². The number of benzene rings is 1. The minimum absolute atomic E-state index is 0.0817. The Morgan fingerprint density at radius 2 is 1.76 bits per heavy atom. The standard InChI is InChI=1S/C19H24N4O2/c20-22-21-13-7-2-1-3-8-14-23-15-9-12-18(19(23)24)25-16-17-10-5-4-6-11-17/h4-6,9-12,15H,1-3,7-8,13-14,16H2. The summed E-state index contributed by atoms with van der Waals surface area (Å²) in [6.07, 6.45) is 6.86. The van der Waals surface area contributed by atoms with Crippen molar-refractivity contribution in [3.8, 4) is 5.75 Å². The molecule has 1 aromatic carbocycles. The maximum atomic E-state index is 12.4. The zero-order valence-corrected chi connectivity index (χ0v) is 14.4. The van der Waals surface area contributed by atoms with Crippen LogP contribution in [0.5, 0.6) is 5.75 Å². The van der Waals surface area contributed by atoms with Gasteiger partial charge in [0.1, 0.15) is 6.61 Å². The Morgan fingerprint density at radius 1 is 1.00 bits per heavy atom. The van der Waals surface area contributed by atoms with Crippen LogP contribution in [-0.4, -0.2) is 11.1 Å². The van der Waals surface area contributed by atoms with Crippen LogP contribution in [0, 0.1) is 0 Å². The number of azide groups is 1. The molecule has 0 radical (unpaired) electrons. The van der Waals surface area contributed by atoms with Gasteiger partial charge in [-0.25, -0.2) is 0 Å². The van der Waals surface area contributed by atoms with E-state index in [0.717, 1.165) is 37.7 Å². The molecule has 0 aliphatic rings. The van der Waals surface area contributed by atoms with Crippen LogP contribution in [-0.2, 0) is 13.2 Å². The number of aryl methyl sites for hydroxylation is 1. The average molecular weight is 340 g/mol. The number of hydrogen-bond donors (Lipinski definition) is 0. The Labute approximate surface area is 147 Å². The Kier molecular flexibility index (Phi) is 8.15. The molecule has 1 heterocycles. The van der Waals surface area contributed by atoms with E-state index in [1.807, 2.05) is 36.4 Å². The first-order valence-electron chi connectivity index (χ1n) is 8.68. The first kappa shape index (κ1) is 18.6. The van der Waals surface area contributed by atoms with Crippen LogP contribution in [0.3, 0.4) is 0 Å². The first-order valence-corrected chi connectivity index (χ1v) is 8.68. The molecule has 0 fully saturated rings. The molecule has 0 aliphatic carbocycles. The number of rotatable bonds is 11. The van der Waals surface area contributed by atoms with E-state index in [9.17, 15) is 4.79 Å². The van der Waals surface area contributed by atoms with Crippen LogP contribution >= 0.6 is 0 Å². The molecule has 2 rings (SSSR count). The monoisotopic (exact) mass is 340 g/mol. The summed E-state index contributed by atoms with van der Waals surface area (Å²) >= 11 is 0. The van der Waals surface area contributed by atoms with Gasteiger partial charge in [0.2, 0.25) is 0 Å². The molecule has 6 nitrogen and oxygen atoms in total. The van der Waals surface area contributed by atoms with Crippen LogP contribution in [0.4, 0.5) is 0 Å². The second-order valence-corrected chi connectivity index (χ2v) is 5.87. The van der Waals surface area contributed by atoms with E-state index < -0.39 is 0 Å². The van der Waals surface area contributed by atoms with Crippen LogP contribution < -0.4 is 10.3 Å². The number of hydrogen-bond acceptors (Lipinski definition) is 3. The first-order chi connectivity index (χ1) is 12.3. The lowest BCUT2D eigenvalue weighted by Crippen LogP contribution is -2.21. The zero-order chi connectivity index (χ0) is 17.7. The molecule has 0 saturated heterocycles. The molecule has 0 spiro atoms. The van der Waals surface area contributed by atoms with Gasteiger partial charge in [-0.05, 0) is 36.1 Å². The second kappa shape index (κ2) is 10.9. The highest BCUT2D eigenvalue weighted by atomic mass is 16.5. The van der Waals surface area contributed by atoms with Crippen LogP contribution in [0.25, 0.3) is 10.4 Å². The minimum atomic E-state index is -0.0817. The Bertz CT molecular complexity index is 737. The summed E-state index contributed by atoms with van der Waals surface area (Å²) in [5.41, 5.74) is 9.16. The Balaban J connectivity index is 1.76. The third-order valence-corrected chi connectivity index (χ3v) is 3.94. The molecule has 0 N–H and O–H groups in total. The van der Waals surface area contributed by atoms with Crippen molar-refractivity contribution < 1.29 is 4.74 Å². The maximum absolute atomic E-state index is 12.4. The molecule has 6 heteroatoms. The highest BCUT2D eigenvalue weighted by Crippen LogP contribution is 2.09. The number of unbranched alkanes of at least 4 members (excludes halogenated alkanes) is 4. The van der Waals surface area contributed by atoms with Gasteiger partial charge in [0, 0.05) is 24.2 Å². The molecule has 0 aliphatic heterocycles. The van der Waals surface area contributed by atoms with Crippen LogP contribution in [0.2, 0.25) is 0 Å². The summed E-state index contributed by atoms with van der Waals surface area (Å²) in [5.74, 6) is 0.390. The van der Waals surface area contributed by atoms with E-state index in [4.69, 9.17) is 10.3 Å². The number of nitrogens with zero attached hydrogens (tertiary/aromatic N) is 4. The van der Waals surface area contributed by atoms with E-state index in [1.165, 1.54) is 0 Å². The number of ether oxygens (including phenoxy) is 1. The maximum Gasteiger partial charge on any atom is 0.292 e. The fourth-order valence-corrected chi connectivity index (χ4v) is 2.58. The van der Waals surface area contributed by atoms with Crippen molar-refractivity contribution in [2.45, 2.75) is 45.3 Å². The van der Waals surface area contributed by atoms with Crippen molar-refractivity contribution >= 4 is 0 Å². The fraction of sp³-hybridized carbons (Fsp3) is 0.421. The normalized spacial score (nSPS) is 10.2. The predicted molar refractivity (Wildman–Crippen MR) is 98.6 cm³/mol. The SMILES string of the molecule is [N-]=[N+]=NCCCCCCCn1cccc(OCc2ccccc2)c1=O. The predicted octanol–water partition coefficient (Wildman–Crippen LogP) is 4.69. The number of pyridine rings is 1. The summed E-state index contributed by atoms with van der Waals surface area (Å²) in [4.78, 5) is 15.2. The van der Waals surface area contributed by atoms with Gasteiger partial charge in [-0.3, -0.25) is 4.79 Å². The van der Waals surface area contributed by atoms with Gasteiger partial charge in [-0.1, -0.05) is 54.7 Å². The zero-order valence-electron chi connectivity index (χ0n) is 14.4. The molecule has 0 saturated carbocycles. The molecule has 0 unspecified atom stereocenters. The van der Waals surface area contributed by atoms with E-state index in [1.54, 1.807) is 16.8 Å². The van der Waals surface area contributed by atoms with Crippen molar-refractivity contribution in [1.82, 2.24) is 4.57 Å². The lowest BCUT2D eigenvalue weighted by molar-refractivity contribution is 0.298. The van der Waals surface area contributed by atoms with Gasteiger partial charge in [-0.15, -0.1) is 0 Å². The highest BCUT2D eigenvalue weighted by Gasteiger charge is 2.04. The highest BCUT2D eigenvalue weighted by molar-refractivity contribution is 5.19. The lowest BCUT2D eigenvalue weighted by Gasteiger charge is -2.09. The third kappa shape index (κ3) is 6.73. The van der Waals surface area contributed by atoms with E-state index >= 15 is 0 Å². The van der Waals surface area contributed by atoms with Gasteiger partial charge >= 0.3 is 0 Å². The summed E-state index contributed by atoms with van der Waals surface area (Å²) in [7, 11) is 0. The topological polar surface area (TPSA) is 80.0 Å². The third-order valence-electron chi connectivity index (χ3n) is 3.94. The second-order valence-electron chi connectivity index (χ2n) is 5.87. The van der Waals surface area contributed by atoms with Crippen LogP contribution in [0.15, 0.2) is 58.6 Å². The molecule has 1 aromatic heterocycles.